The van der Waals surface area contributed by atoms with Gasteiger partial charge in [-0.05, 0) is 30.3 Å². The number of nitrogens with two attached hydrogens (primary N) is 1. The van der Waals surface area contributed by atoms with E-state index in [1.54, 1.807) is 43.4 Å². The van der Waals surface area contributed by atoms with Gasteiger partial charge in [-0.2, -0.15) is 0 Å². The largest absolute Gasteiger partial charge is 0.493 e. The van der Waals surface area contributed by atoms with E-state index in [0.29, 0.717) is 17.1 Å². The first-order chi connectivity index (χ1) is 10.1. The molecule has 2 rings (SSSR count). The predicted molar refractivity (Wildman–Crippen MR) is 80.8 cm³/mol. The molecule has 110 valence electrons. The predicted octanol–water partition coefficient (Wildman–Crippen LogP) is 2.84. The van der Waals surface area contributed by atoms with Crippen molar-refractivity contribution in [2.45, 2.75) is 6.42 Å². The summed E-state index contributed by atoms with van der Waals surface area (Å²) in [6.45, 7) is 0.238. The van der Waals surface area contributed by atoms with Gasteiger partial charge in [0.25, 0.3) is 0 Å². The number of ether oxygens (including phenoxy) is 1. The number of hydrogen-bond donors (Lipinski definition) is 1. The number of halogens is 1. The van der Waals surface area contributed by atoms with Gasteiger partial charge in [0.15, 0.2) is 0 Å². The summed E-state index contributed by atoms with van der Waals surface area (Å²) in [5.74, 6) is 0.101. The van der Waals surface area contributed by atoms with Crippen LogP contribution >= 0.6 is 0 Å². The first-order valence-corrected chi connectivity index (χ1v) is 6.57. The highest BCUT2D eigenvalue weighted by Crippen LogP contribution is 2.16. The van der Waals surface area contributed by atoms with Crippen molar-refractivity contribution in [1.29, 1.82) is 0 Å². The van der Waals surface area contributed by atoms with Crippen molar-refractivity contribution in [1.82, 2.24) is 0 Å². The Hall–Kier alpha value is -2.56. The molecule has 1 amide bonds. The number of hydrogen-bond acceptors (Lipinski definition) is 3. The van der Waals surface area contributed by atoms with E-state index in [2.05, 4.69) is 0 Å². The summed E-state index contributed by atoms with van der Waals surface area (Å²) < 4.78 is 18.6. The zero-order valence-corrected chi connectivity index (χ0v) is 11.8. The average molecular weight is 288 g/mol. The average Bonchev–Trinajstić information content (AvgIpc) is 2.46. The highest BCUT2D eigenvalue weighted by Gasteiger charge is 2.11. The summed E-state index contributed by atoms with van der Waals surface area (Å²) in [4.78, 5) is 13.4. The zero-order valence-electron chi connectivity index (χ0n) is 11.8. The van der Waals surface area contributed by atoms with Gasteiger partial charge in [0.2, 0.25) is 5.91 Å². The van der Waals surface area contributed by atoms with Crippen LogP contribution in [0.15, 0.2) is 48.5 Å². The summed E-state index contributed by atoms with van der Waals surface area (Å²) in [6, 6.07) is 12.9. The van der Waals surface area contributed by atoms with Crippen LogP contribution in [0.25, 0.3) is 0 Å². The number of carbonyl (C=O) groups is 1. The number of benzene rings is 2. The van der Waals surface area contributed by atoms with Crippen molar-refractivity contribution in [3.63, 3.8) is 0 Å². The molecule has 0 radical (unpaired) electrons. The van der Waals surface area contributed by atoms with E-state index in [0.717, 1.165) is 0 Å². The quantitative estimate of drug-likeness (QED) is 0.861. The van der Waals surface area contributed by atoms with Crippen LogP contribution in [0.2, 0.25) is 0 Å². The number of nitrogens with zero attached hydrogens (tertiary/aromatic N) is 1. The van der Waals surface area contributed by atoms with Gasteiger partial charge in [-0.15, -0.1) is 0 Å². The van der Waals surface area contributed by atoms with Crippen LogP contribution in [0.5, 0.6) is 5.75 Å². The zero-order chi connectivity index (χ0) is 15.2. The second-order valence-electron chi connectivity index (χ2n) is 4.60. The summed E-state index contributed by atoms with van der Waals surface area (Å²) in [7, 11) is 1.61. The van der Waals surface area contributed by atoms with E-state index in [9.17, 15) is 9.18 Å². The normalized spacial score (nSPS) is 10.2. The molecule has 0 bridgehead atoms. The summed E-state index contributed by atoms with van der Waals surface area (Å²) in [5, 5.41) is 0. The maximum absolute atomic E-state index is 13.1. The van der Waals surface area contributed by atoms with Crippen LogP contribution in [0, 0.1) is 5.82 Å². The van der Waals surface area contributed by atoms with Gasteiger partial charge >= 0.3 is 0 Å². The maximum Gasteiger partial charge on any atom is 0.230 e. The summed E-state index contributed by atoms with van der Waals surface area (Å²) >= 11 is 0. The van der Waals surface area contributed by atoms with Gasteiger partial charge < -0.3 is 15.4 Å². The molecule has 2 aromatic rings. The van der Waals surface area contributed by atoms with Crippen molar-refractivity contribution in [3.8, 4) is 5.75 Å². The van der Waals surface area contributed by atoms with E-state index < -0.39 is 0 Å². The Bertz CT molecular complexity index is 631. The van der Waals surface area contributed by atoms with E-state index in [4.69, 9.17) is 10.5 Å². The Morgan fingerprint density at radius 1 is 1.24 bits per heavy atom. The lowest BCUT2D eigenvalue weighted by Gasteiger charge is -2.17. The maximum atomic E-state index is 13.1. The fourth-order valence-corrected chi connectivity index (χ4v) is 1.86. The standard InChI is InChI=1S/C16H17FN2O2/c1-19(14-6-2-4-12(17)10-14)16(20)8-9-21-15-7-3-5-13(18)11-15/h2-7,10-11H,8-9,18H2,1H3. The Morgan fingerprint density at radius 3 is 2.71 bits per heavy atom. The smallest absolute Gasteiger partial charge is 0.230 e. The number of amides is 1. The van der Waals surface area contributed by atoms with Crippen molar-refractivity contribution < 1.29 is 13.9 Å². The van der Waals surface area contributed by atoms with Gasteiger partial charge in [0, 0.05) is 24.5 Å². The fourth-order valence-electron chi connectivity index (χ4n) is 1.86. The molecule has 5 heteroatoms. The van der Waals surface area contributed by atoms with Crippen LogP contribution in [0.3, 0.4) is 0 Å². The van der Waals surface area contributed by atoms with Gasteiger partial charge in [-0.3, -0.25) is 4.79 Å². The minimum absolute atomic E-state index is 0.149. The van der Waals surface area contributed by atoms with Gasteiger partial charge in [-0.1, -0.05) is 12.1 Å². The van der Waals surface area contributed by atoms with E-state index >= 15 is 0 Å². The second kappa shape index (κ2) is 6.74. The Kier molecular flexibility index (Phi) is 4.77. The number of rotatable bonds is 5. The first kappa shape index (κ1) is 14.8. The first-order valence-electron chi connectivity index (χ1n) is 6.57. The highest BCUT2D eigenvalue weighted by molar-refractivity contribution is 5.92. The molecule has 2 aromatic carbocycles. The molecule has 0 aliphatic carbocycles. The summed E-state index contributed by atoms with van der Waals surface area (Å²) in [5.41, 5.74) is 6.76. The lowest BCUT2D eigenvalue weighted by atomic mass is 10.2. The molecular formula is C16H17FN2O2. The van der Waals surface area contributed by atoms with Gasteiger partial charge in [-0.25, -0.2) is 4.39 Å². The third-order valence-corrected chi connectivity index (χ3v) is 3.01. The SMILES string of the molecule is CN(C(=O)CCOc1cccc(N)c1)c1cccc(F)c1. The number of anilines is 2. The highest BCUT2D eigenvalue weighted by atomic mass is 19.1. The second-order valence-corrected chi connectivity index (χ2v) is 4.60. The minimum atomic E-state index is -0.372. The lowest BCUT2D eigenvalue weighted by molar-refractivity contribution is -0.118. The third kappa shape index (κ3) is 4.21. The van der Waals surface area contributed by atoms with Crippen molar-refractivity contribution in [3.05, 3.63) is 54.3 Å². The molecule has 21 heavy (non-hydrogen) atoms. The molecule has 0 aliphatic rings. The Morgan fingerprint density at radius 2 is 2.00 bits per heavy atom. The number of nitrogen functional groups attached to an aromatic ring is 1. The van der Waals surface area contributed by atoms with Crippen molar-refractivity contribution in [2.24, 2.45) is 0 Å². The Labute approximate surface area is 122 Å². The third-order valence-electron chi connectivity index (χ3n) is 3.01. The molecule has 0 fully saturated rings. The van der Waals surface area contributed by atoms with Crippen LogP contribution in [-0.4, -0.2) is 19.6 Å². The monoisotopic (exact) mass is 288 g/mol. The number of carbonyl (C=O) groups excluding carboxylic acids is 1. The molecule has 4 nitrogen and oxygen atoms in total. The van der Waals surface area contributed by atoms with Crippen LogP contribution in [0.4, 0.5) is 15.8 Å². The molecule has 0 saturated heterocycles. The molecule has 0 atom stereocenters. The van der Waals surface area contributed by atoms with Gasteiger partial charge in [0.1, 0.15) is 11.6 Å². The Balaban J connectivity index is 1.87. The van der Waals surface area contributed by atoms with Crippen LogP contribution in [0.1, 0.15) is 6.42 Å². The molecule has 0 aromatic heterocycles. The lowest BCUT2D eigenvalue weighted by Crippen LogP contribution is -2.27. The van der Waals surface area contributed by atoms with Gasteiger partial charge in [0.05, 0.1) is 13.0 Å². The summed E-state index contributed by atoms with van der Waals surface area (Å²) in [6.07, 6.45) is 0.196. The van der Waals surface area contributed by atoms with Crippen LogP contribution < -0.4 is 15.4 Å². The topological polar surface area (TPSA) is 55.6 Å². The van der Waals surface area contributed by atoms with E-state index in [-0.39, 0.29) is 24.8 Å². The molecule has 0 aliphatic heterocycles. The molecular weight excluding hydrogens is 271 g/mol. The minimum Gasteiger partial charge on any atom is -0.493 e. The molecule has 0 spiro atoms. The van der Waals surface area contributed by atoms with Crippen molar-refractivity contribution in [2.75, 3.05) is 24.3 Å². The van der Waals surface area contributed by atoms with Crippen molar-refractivity contribution >= 4 is 17.3 Å². The molecule has 0 heterocycles. The fraction of sp³-hybridized carbons (Fsp3) is 0.188. The molecule has 0 saturated carbocycles. The van der Waals surface area contributed by atoms with E-state index in [1.165, 1.54) is 17.0 Å². The molecule has 0 unspecified atom stereocenters. The van der Waals surface area contributed by atoms with E-state index in [1.807, 2.05) is 0 Å². The van der Waals surface area contributed by atoms with Crippen LogP contribution in [-0.2, 0) is 4.79 Å². The molecule has 2 N–H and O–H groups in total.